The van der Waals surface area contributed by atoms with Crippen LogP contribution in [0.3, 0.4) is 0 Å². The molecule has 0 atom stereocenters. The average molecular weight is 293 g/mol. The van der Waals surface area contributed by atoms with Crippen molar-refractivity contribution < 1.29 is 14.8 Å². The van der Waals surface area contributed by atoms with Crippen LogP contribution in [0.5, 0.6) is 0 Å². The topological polar surface area (TPSA) is 86.9 Å². The molecule has 0 aromatic heterocycles. The molecule has 0 bridgehead atoms. The summed E-state index contributed by atoms with van der Waals surface area (Å²) in [6.45, 7) is 1.14. The summed E-state index contributed by atoms with van der Waals surface area (Å²) in [5, 5.41) is 20.8. The Bertz CT molecular complexity index is 551. The van der Waals surface area contributed by atoms with Crippen molar-refractivity contribution in [1.29, 1.82) is 0 Å². The van der Waals surface area contributed by atoms with Crippen LogP contribution in [0.1, 0.15) is 23.2 Å². The second-order valence-corrected chi connectivity index (χ2v) is 5.38. The van der Waals surface area contributed by atoms with E-state index in [4.69, 9.17) is 0 Å². The van der Waals surface area contributed by atoms with Crippen molar-refractivity contribution in [3.05, 3.63) is 33.9 Å². The molecule has 1 aromatic carbocycles. The fourth-order valence-corrected chi connectivity index (χ4v) is 2.44. The first-order chi connectivity index (χ1) is 9.90. The molecule has 0 unspecified atom stereocenters. The largest absolute Gasteiger partial charge is 0.393 e. The summed E-state index contributed by atoms with van der Waals surface area (Å²) in [6.07, 6.45) is 0.848. The molecule has 1 saturated heterocycles. The molecule has 1 aliphatic heterocycles. The minimum Gasteiger partial charge on any atom is -0.393 e. The number of hydrogen-bond donors (Lipinski definition) is 1. The highest BCUT2D eigenvalue weighted by Crippen LogP contribution is 2.31. The van der Waals surface area contributed by atoms with Gasteiger partial charge in [-0.25, -0.2) is 0 Å². The van der Waals surface area contributed by atoms with Crippen LogP contribution < -0.4 is 4.90 Å². The number of hydrogen-bond acceptors (Lipinski definition) is 5. The fraction of sp³-hybridized carbons (Fsp3) is 0.500. The summed E-state index contributed by atoms with van der Waals surface area (Å²) in [6, 6.07) is 4.55. The zero-order chi connectivity index (χ0) is 15.6. The van der Waals surface area contributed by atoms with E-state index in [1.807, 2.05) is 4.90 Å². The van der Waals surface area contributed by atoms with E-state index in [1.54, 1.807) is 26.2 Å². The number of carbonyl (C=O) groups excluding carboxylic acids is 1. The van der Waals surface area contributed by atoms with Gasteiger partial charge in [0.1, 0.15) is 5.69 Å². The van der Waals surface area contributed by atoms with Crippen molar-refractivity contribution in [2.75, 3.05) is 32.1 Å². The molecular weight excluding hydrogens is 274 g/mol. The Hall–Kier alpha value is -2.15. The molecule has 114 valence electrons. The van der Waals surface area contributed by atoms with Crippen molar-refractivity contribution in [1.82, 2.24) is 4.90 Å². The number of carbonyl (C=O) groups is 1. The number of aliphatic hydroxyl groups is 1. The average Bonchev–Trinajstić information content (AvgIpc) is 2.46. The minimum absolute atomic E-state index is 0.0703. The Morgan fingerprint density at radius 3 is 2.52 bits per heavy atom. The number of anilines is 1. The van der Waals surface area contributed by atoms with Crippen molar-refractivity contribution in [2.45, 2.75) is 18.9 Å². The number of nitro benzene ring substituents is 1. The van der Waals surface area contributed by atoms with Crippen LogP contribution in [0.4, 0.5) is 11.4 Å². The van der Waals surface area contributed by atoms with E-state index in [0.29, 0.717) is 37.2 Å². The molecule has 7 heteroatoms. The third-order valence-corrected chi connectivity index (χ3v) is 3.63. The first kappa shape index (κ1) is 15.2. The van der Waals surface area contributed by atoms with Gasteiger partial charge >= 0.3 is 0 Å². The maximum Gasteiger partial charge on any atom is 0.293 e. The summed E-state index contributed by atoms with van der Waals surface area (Å²) < 4.78 is 0. The zero-order valence-corrected chi connectivity index (χ0v) is 12.2. The van der Waals surface area contributed by atoms with Crippen LogP contribution in [-0.4, -0.2) is 54.1 Å². The van der Waals surface area contributed by atoms with Crippen molar-refractivity contribution in [2.24, 2.45) is 0 Å². The fourth-order valence-electron chi connectivity index (χ4n) is 2.44. The predicted molar refractivity (Wildman–Crippen MR) is 78.6 cm³/mol. The molecule has 2 rings (SSSR count). The van der Waals surface area contributed by atoms with Gasteiger partial charge in [0.25, 0.3) is 11.6 Å². The lowest BCUT2D eigenvalue weighted by molar-refractivity contribution is -0.384. The second kappa shape index (κ2) is 6.09. The molecule has 1 N–H and O–H groups in total. The number of piperidine rings is 1. The SMILES string of the molecule is CN(C)C(=O)c1ccc(N2CCC(O)CC2)c([N+](=O)[O-])c1. The summed E-state index contributed by atoms with van der Waals surface area (Å²) in [5.41, 5.74) is 0.730. The van der Waals surface area contributed by atoms with Crippen molar-refractivity contribution in [3.8, 4) is 0 Å². The number of amides is 1. The molecule has 1 heterocycles. The Labute approximate surface area is 122 Å². The Morgan fingerprint density at radius 1 is 1.38 bits per heavy atom. The number of nitro groups is 1. The summed E-state index contributed by atoms with van der Waals surface area (Å²) in [7, 11) is 3.21. The predicted octanol–water partition coefficient (Wildman–Crippen LogP) is 1.26. The Kier molecular flexibility index (Phi) is 4.42. The van der Waals surface area contributed by atoms with E-state index in [1.165, 1.54) is 11.0 Å². The van der Waals surface area contributed by atoms with Crippen LogP contribution >= 0.6 is 0 Å². The van der Waals surface area contributed by atoms with Gasteiger partial charge in [0.05, 0.1) is 11.0 Å². The Morgan fingerprint density at radius 2 is 2.00 bits per heavy atom. The summed E-state index contributed by atoms with van der Waals surface area (Å²) >= 11 is 0. The van der Waals surface area contributed by atoms with Gasteiger partial charge in [0, 0.05) is 38.8 Å². The second-order valence-electron chi connectivity index (χ2n) is 5.38. The minimum atomic E-state index is -0.465. The lowest BCUT2D eigenvalue weighted by atomic mass is 10.1. The number of benzene rings is 1. The van der Waals surface area contributed by atoms with E-state index in [-0.39, 0.29) is 17.7 Å². The highest BCUT2D eigenvalue weighted by Gasteiger charge is 2.25. The molecular formula is C14H19N3O4. The standard InChI is InChI=1S/C14H19N3O4/c1-15(2)14(19)10-3-4-12(13(9-10)17(20)21)16-7-5-11(18)6-8-16/h3-4,9,11,18H,5-8H2,1-2H3. The van der Waals surface area contributed by atoms with Gasteiger partial charge in [0.15, 0.2) is 0 Å². The maximum atomic E-state index is 11.9. The molecule has 1 aliphatic rings. The molecule has 0 saturated carbocycles. The third kappa shape index (κ3) is 3.30. The van der Waals surface area contributed by atoms with Gasteiger partial charge in [-0.3, -0.25) is 14.9 Å². The summed E-state index contributed by atoms with van der Waals surface area (Å²) in [5.74, 6) is -0.265. The first-order valence-corrected chi connectivity index (χ1v) is 6.83. The van der Waals surface area contributed by atoms with Gasteiger partial charge in [0.2, 0.25) is 0 Å². The first-order valence-electron chi connectivity index (χ1n) is 6.83. The van der Waals surface area contributed by atoms with Crippen LogP contribution in [0.25, 0.3) is 0 Å². The van der Waals surface area contributed by atoms with E-state index < -0.39 is 4.92 Å². The number of nitrogens with zero attached hydrogens (tertiary/aromatic N) is 3. The van der Waals surface area contributed by atoms with E-state index in [2.05, 4.69) is 0 Å². The van der Waals surface area contributed by atoms with Crippen molar-refractivity contribution in [3.63, 3.8) is 0 Å². The molecule has 0 aliphatic carbocycles. The van der Waals surface area contributed by atoms with Crippen LogP contribution in [0.2, 0.25) is 0 Å². The lowest BCUT2D eigenvalue weighted by Gasteiger charge is -2.31. The van der Waals surface area contributed by atoms with Crippen LogP contribution in [0, 0.1) is 10.1 Å². The lowest BCUT2D eigenvalue weighted by Crippen LogP contribution is -2.36. The van der Waals surface area contributed by atoms with Gasteiger partial charge in [-0.1, -0.05) is 0 Å². The van der Waals surface area contributed by atoms with Crippen LogP contribution in [0.15, 0.2) is 18.2 Å². The smallest absolute Gasteiger partial charge is 0.293 e. The van der Waals surface area contributed by atoms with Gasteiger partial charge in [-0.2, -0.15) is 0 Å². The number of rotatable bonds is 3. The van der Waals surface area contributed by atoms with Gasteiger partial charge in [-0.15, -0.1) is 0 Å². The molecule has 21 heavy (non-hydrogen) atoms. The molecule has 1 amide bonds. The normalized spacial score (nSPS) is 15.9. The summed E-state index contributed by atoms with van der Waals surface area (Å²) in [4.78, 5) is 26.0. The molecule has 7 nitrogen and oxygen atoms in total. The highest BCUT2D eigenvalue weighted by atomic mass is 16.6. The monoisotopic (exact) mass is 293 g/mol. The highest BCUT2D eigenvalue weighted by molar-refractivity contribution is 5.95. The van der Waals surface area contributed by atoms with Crippen molar-refractivity contribution >= 4 is 17.3 Å². The maximum absolute atomic E-state index is 11.9. The quantitative estimate of drug-likeness (QED) is 0.669. The molecule has 1 fully saturated rings. The zero-order valence-electron chi connectivity index (χ0n) is 12.2. The van der Waals surface area contributed by atoms with Crippen LogP contribution in [-0.2, 0) is 0 Å². The van der Waals surface area contributed by atoms with Gasteiger partial charge in [-0.05, 0) is 25.0 Å². The molecule has 1 aromatic rings. The van der Waals surface area contributed by atoms with E-state index >= 15 is 0 Å². The van der Waals surface area contributed by atoms with E-state index in [9.17, 15) is 20.0 Å². The number of aliphatic hydroxyl groups excluding tert-OH is 1. The third-order valence-electron chi connectivity index (χ3n) is 3.63. The van der Waals surface area contributed by atoms with E-state index in [0.717, 1.165) is 0 Å². The Balaban J connectivity index is 2.34. The molecule has 0 spiro atoms. The molecule has 0 radical (unpaired) electrons. The van der Waals surface area contributed by atoms with Gasteiger partial charge < -0.3 is 14.9 Å².